The Bertz CT molecular complexity index is 2040. The Morgan fingerprint density at radius 2 is 1.41 bits per heavy atom. The summed E-state index contributed by atoms with van der Waals surface area (Å²) in [6, 6.07) is 0.107. The highest BCUT2D eigenvalue weighted by Gasteiger charge is 2.38. The van der Waals surface area contributed by atoms with E-state index in [9.17, 15) is 61.7 Å². The van der Waals surface area contributed by atoms with Gasteiger partial charge >= 0.3 is 29.7 Å². The first kappa shape index (κ1) is 47.3. The van der Waals surface area contributed by atoms with Crippen LogP contribution < -0.4 is 32.2 Å². The quantitative estimate of drug-likeness (QED) is 0.0808. The summed E-state index contributed by atoms with van der Waals surface area (Å²) in [6.45, 7) is 6.55. The van der Waals surface area contributed by atoms with Gasteiger partial charge in [-0.25, -0.2) is 14.6 Å². The van der Waals surface area contributed by atoms with Gasteiger partial charge in [0, 0.05) is 54.9 Å². The van der Waals surface area contributed by atoms with Crippen LogP contribution in [0.3, 0.4) is 0 Å². The molecule has 0 aliphatic heterocycles. The fourth-order valence-corrected chi connectivity index (χ4v) is 5.14. The van der Waals surface area contributed by atoms with Gasteiger partial charge in [0.15, 0.2) is 0 Å². The van der Waals surface area contributed by atoms with E-state index >= 15 is 0 Å². The van der Waals surface area contributed by atoms with Crippen molar-refractivity contribution in [3.8, 4) is 0 Å². The molecule has 20 nitrogen and oxygen atoms in total. The minimum absolute atomic E-state index is 0.0385. The van der Waals surface area contributed by atoms with Gasteiger partial charge in [-0.15, -0.1) is 0 Å². The molecular weight excluding hydrogens is 783 g/mol. The Kier molecular flexibility index (Phi) is 17.5. The zero-order valence-electron chi connectivity index (χ0n) is 31.4. The van der Waals surface area contributed by atoms with Gasteiger partial charge in [-0.1, -0.05) is 13.8 Å². The molecule has 0 aliphatic carbocycles. The third-order valence-corrected chi connectivity index (χ3v) is 7.77. The van der Waals surface area contributed by atoms with E-state index in [0.29, 0.717) is 16.6 Å². The molecule has 0 fully saturated rings. The number of aromatic nitrogens is 2. The van der Waals surface area contributed by atoms with Gasteiger partial charge in [0.25, 0.3) is 0 Å². The van der Waals surface area contributed by atoms with E-state index in [1.54, 1.807) is 13.0 Å². The van der Waals surface area contributed by atoms with E-state index in [1.165, 1.54) is 37.6 Å². The molecule has 1 aromatic carbocycles. The predicted molar refractivity (Wildman–Crippen MR) is 194 cm³/mol. The van der Waals surface area contributed by atoms with Crippen LogP contribution >= 0.6 is 0 Å². The molecule has 0 saturated carbocycles. The molecule has 9 N–H and O–H groups in total. The average molecular weight is 826 g/mol. The second-order valence-electron chi connectivity index (χ2n) is 13.1. The molecule has 0 saturated heterocycles. The number of nitrogens with one attached hydrogen (secondary N) is 6. The number of hydrogen-bond acceptors (Lipinski definition) is 11. The average Bonchev–Trinajstić information content (AvgIpc) is 3.61. The zero-order valence-corrected chi connectivity index (χ0v) is 31.4. The lowest BCUT2D eigenvalue weighted by Gasteiger charge is -2.26. The minimum Gasteiger partial charge on any atom is -0.481 e. The van der Waals surface area contributed by atoms with E-state index in [0.717, 1.165) is 0 Å². The summed E-state index contributed by atoms with van der Waals surface area (Å²) in [5.41, 5.74) is 0.679. The van der Waals surface area contributed by atoms with Crippen LogP contribution in [0.2, 0.25) is 0 Å². The van der Waals surface area contributed by atoms with Crippen LogP contribution in [-0.4, -0.2) is 103 Å². The van der Waals surface area contributed by atoms with Crippen molar-refractivity contribution in [1.82, 2.24) is 31.2 Å². The number of carboxylic acids is 3. The summed E-state index contributed by atoms with van der Waals surface area (Å²) in [6.07, 6.45) is -4.21. The normalized spacial score (nSPS) is 13.1. The Labute approximate surface area is 326 Å². The number of aromatic amines is 1. The number of carbonyl (C=O) groups excluding carboxylic acids is 5. The Morgan fingerprint density at radius 3 is 1.95 bits per heavy atom. The summed E-state index contributed by atoms with van der Waals surface area (Å²) in [7, 11) is 0. The topological polar surface area (TPSA) is 316 Å². The molecule has 0 spiro atoms. The second-order valence-corrected chi connectivity index (χ2v) is 13.1. The van der Waals surface area contributed by atoms with Gasteiger partial charge < -0.3 is 51.3 Å². The maximum absolute atomic E-state index is 13.7. The summed E-state index contributed by atoms with van der Waals surface area (Å²) in [4.78, 5) is 116. The third-order valence-electron chi connectivity index (χ3n) is 7.77. The van der Waals surface area contributed by atoms with Crippen LogP contribution in [0.15, 0.2) is 46.0 Å². The number of imidazole rings is 1. The number of H-pyrrole nitrogens is 1. The van der Waals surface area contributed by atoms with E-state index in [1.807, 2.05) is 13.8 Å². The molecular formula is C35H42F3N7O13. The molecule has 5 amide bonds. The molecule has 0 aliphatic rings. The number of rotatable bonds is 18. The molecule has 0 bridgehead atoms. The number of nitrogens with zero attached hydrogens (tertiary/aromatic N) is 1. The summed E-state index contributed by atoms with van der Waals surface area (Å²) in [5.74, 6) is -9.62. The van der Waals surface area contributed by atoms with Crippen LogP contribution in [-0.2, 0) is 44.8 Å². The predicted octanol–water partition coefficient (Wildman–Crippen LogP) is 0.984. The van der Waals surface area contributed by atoms with Crippen molar-refractivity contribution in [2.75, 3.05) is 5.32 Å². The monoisotopic (exact) mass is 825 g/mol. The van der Waals surface area contributed by atoms with Crippen molar-refractivity contribution in [3.63, 3.8) is 0 Å². The van der Waals surface area contributed by atoms with E-state index in [4.69, 9.17) is 14.3 Å². The fourth-order valence-electron chi connectivity index (χ4n) is 5.14. The SMILES string of the molecule is CC(=O)N[C@@H](CC(C)C)C(=O)N[C@@H](CCC(=O)O)C(=O)N[C@@H](Cc1cnc[nH]1)C(=O)N[C@@H](CC(=O)O)C(=O)Nc1ccc2c(C)cc(=O)oc2c1.O=C(O)C(F)(F)F. The van der Waals surface area contributed by atoms with Crippen LogP contribution in [0, 0.1) is 12.8 Å². The third kappa shape index (κ3) is 16.1. The highest BCUT2D eigenvalue weighted by atomic mass is 19.4. The highest BCUT2D eigenvalue weighted by molar-refractivity contribution is 6.01. The lowest BCUT2D eigenvalue weighted by Crippen LogP contribution is -2.58. The minimum atomic E-state index is -5.08. The number of benzene rings is 1. The first-order valence-electron chi connectivity index (χ1n) is 17.2. The van der Waals surface area contributed by atoms with Gasteiger partial charge in [-0.05, 0) is 43.4 Å². The van der Waals surface area contributed by atoms with Crippen LogP contribution in [0.5, 0.6) is 0 Å². The number of alkyl halides is 3. The molecule has 3 aromatic rings. The lowest BCUT2D eigenvalue weighted by atomic mass is 10.0. The number of aliphatic carboxylic acids is 3. The summed E-state index contributed by atoms with van der Waals surface area (Å²) >= 11 is 0. The van der Waals surface area contributed by atoms with Gasteiger partial charge in [0.05, 0.1) is 12.7 Å². The maximum atomic E-state index is 13.7. The number of fused-ring (bicyclic) bond motifs is 1. The van der Waals surface area contributed by atoms with Gasteiger partial charge in [0.1, 0.15) is 29.8 Å². The van der Waals surface area contributed by atoms with Crippen molar-refractivity contribution >= 4 is 64.1 Å². The lowest BCUT2D eigenvalue weighted by molar-refractivity contribution is -0.192. The van der Waals surface area contributed by atoms with E-state index < -0.39 is 96.3 Å². The molecule has 2 aromatic heterocycles. The Hall–Kier alpha value is -6.81. The van der Waals surface area contributed by atoms with Crippen molar-refractivity contribution in [2.45, 2.75) is 90.1 Å². The molecule has 0 unspecified atom stereocenters. The summed E-state index contributed by atoms with van der Waals surface area (Å²) in [5, 5.41) is 38.8. The number of aryl methyl sites for hydroxylation is 1. The fraction of sp³-hybridized carbons (Fsp3) is 0.429. The first-order valence-corrected chi connectivity index (χ1v) is 17.2. The molecule has 2 heterocycles. The van der Waals surface area contributed by atoms with Gasteiger partial charge in [-0.3, -0.25) is 33.6 Å². The molecule has 58 heavy (non-hydrogen) atoms. The number of hydrogen-bond donors (Lipinski definition) is 9. The number of carboxylic acid groups (broad SMARTS) is 3. The van der Waals surface area contributed by atoms with Crippen LogP contribution in [0.4, 0.5) is 18.9 Å². The number of halogens is 3. The smallest absolute Gasteiger partial charge is 0.481 e. The van der Waals surface area contributed by atoms with Crippen molar-refractivity contribution in [2.24, 2.45) is 5.92 Å². The molecule has 0 radical (unpaired) electrons. The maximum Gasteiger partial charge on any atom is 0.490 e. The zero-order chi connectivity index (χ0) is 43.9. The highest BCUT2D eigenvalue weighted by Crippen LogP contribution is 2.21. The van der Waals surface area contributed by atoms with E-state index in [-0.39, 0.29) is 36.5 Å². The largest absolute Gasteiger partial charge is 0.490 e. The number of amides is 5. The first-order chi connectivity index (χ1) is 27.0. The van der Waals surface area contributed by atoms with Gasteiger partial charge in [-0.2, -0.15) is 13.2 Å². The summed E-state index contributed by atoms with van der Waals surface area (Å²) < 4.78 is 36.9. The van der Waals surface area contributed by atoms with Crippen LogP contribution in [0.1, 0.15) is 57.7 Å². The second kappa shape index (κ2) is 21.5. The molecule has 3 rings (SSSR count). The van der Waals surface area contributed by atoms with E-state index in [2.05, 4.69) is 36.6 Å². The van der Waals surface area contributed by atoms with Gasteiger partial charge in [0.2, 0.25) is 29.5 Å². The molecule has 316 valence electrons. The standard InChI is InChI=1S/C33H41N7O11.C2HF3O2/c1-16(2)9-23(36-18(4)41)32(49)38-22(7-8-27(42)43)30(47)39-24(11-20-14-34-15-35-20)33(50)40-25(13-28(44)45)31(48)37-19-5-6-21-17(3)10-29(46)51-26(21)12-19;3-2(4,5)1(6)7/h5-6,10,12,14-16,22-25H,7-9,11,13H2,1-4H3,(H,34,35)(H,36,41)(H,37,48)(H,38,49)(H,39,47)(H,40,50)(H,42,43)(H,44,45);(H,6,7)/t22-,23-,24-,25-;/m0./s1. The Morgan fingerprint density at radius 1 is 0.828 bits per heavy atom. The van der Waals surface area contributed by atoms with Crippen molar-refractivity contribution < 1.29 is 71.3 Å². The van der Waals surface area contributed by atoms with Crippen molar-refractivity contribution in [3.05, 3.63) is 58.5 Å². The Balaban J connectivity index is 0.00000151. The van der Waals surface area contributed by atoms with Crippen LogP contribution in [0.25, 0.3) is 11.0 Å². The molecule has 23 heteroatoms. The molecule has 4 atom stereocenters. The number of carbonyl (C=O) groups is 8. The van der Waals surface area contributed by atoms with Crippen molar-refractivity contribution in [1.29, 1.82) is 0 Å². The number of anilines is 1.